The van der Waals surface area contributed by atoms with Crippen LogP contribution in [0.1, 0.15) is 19.3 Å². The van der Waals surface area contributed by atoms with Crippen LogP contribution in [0, 0.1) is 0 Å². The summed E-state index contributed by atoms with van der Waals surface area (Å²) < 4.78 is 8.05. The third-order valence-electron chi connectivity index (χ3n) is 5.89. The number of phenolic OH excluding ortho intramolecular Hbond substituents is 1. The van der Waals surface area contributed by atoms with Gasteiger partial charge in [0, 0.05) is 24.9 Å². The number of hydrogen-bond acceptors (Lipinski definition) is 7. The number of nitrogens with two attached hydrogens (primary N) is 1. The fourth-order valence-corrected chi connectivity index (χ4v) is 4.30. The first-order valence-electron chi connectivity index (χ1n) is 10.7. The van der Waals surface area contributed by atoms with E-state index in [1.807, 2.05) is 28.8 Å². The van der Waals surface area contributed by atoms with Gasteiger partial charge < -0.3 is 25.0 Å². The molecule has 32 heavy (non-hydrogen) atoms. The number of amides is 1. The molecular formula is C23H24N6O3. The second kappa shape index (κ2) is 8.33. The van der Waals surface area contributed by atoms with Crippen molar-refractivity contribution in [2.24, 2.45) is 5.73 Å². The molecule has 1 unspecified atom stereocenters. The molecule has 0 bridgehead atoms. The molecule has 164 valence electrons. The van der Waals surface area contributed by atoms with E-state index in [-0.39, 0.29) is 24.1 Å². The maximum absolute atomic E-state index is 11.2. The molecule has 1 amide bonds. The van der Waals surface area contributed by atoms with Gasteiger partial charge in [0.2, 0.25) is 5.91 Å². The zero-order valence-corrected chi connectivity index (χ0v) is 17.5. The van der Waals surface area contributed by atoms with Gasteiger partial charge in [0.1, 0.15) is 24.4 Å². The van der Waals surface area contributed by atoms with Crippen LogP contribution in [-0.4, -0.2) is 49.7 Å². The number of primary amides is 1. The Morgan fingerprint density at radius 3 is 3.00 bits per heavy atom. The van der Waals surface area contributed by atoms with Gasteiger partial charge in [-0.3, -0.25) is 4.79 Å². The number of hydrogen-bond donors (Lipinski definition) is 2. The third kappa shape index (κ3) is 3.77. The van der Waals surface area contributed by atoms with Gasteiger partial charge in [-0.2, -0.15) is 0 Å². The smallest absolute Gasteiger partial charge is 0.219 e. The normalized spacial score (nSPS) is 16.1. The summed E-state index contributed by atoms with van der Waals surface area (Å²) in [5.74, 6) is 1.37. The minimum Gasteiger partial charge on any atom is -0.508 e. The number of carbonyl (C=O) groups excluding carboxylic acids is 1. The molecule has 5 rings (SSSR count). The minimum atomic E-state index is -0.361. The summed E-state index contributed by atoms with van der Waals surface area (Å²) in [6, 6.07) is 11.3. The number of anilines is 1. The standard InChI is InChI=1S/C23H24N6O3/c24-20(31)8-10-28-14-27-21-22(28)25-13-26-23(21)29-9-2-4-16(29)12-32-19-5-1-3-15-6-7-17(30)11-18(15)19/h1,3,5-7,11,13-14,16,30H,2,4,8-10,12H2,(H2,24,31). The van der Waals surface area contributed by atoms with Crippen molar-refractivity contribution in [2.45, 2.75) is 31.8 Å². The van der Waals surface area contributed by atoms with Crippen LogP contribution in [-0.2, 0) is 11.3 Å². The van der Waals surface area contributed by atoms with E-state index in [0.29, 0.717) is 24.3 Å². The molecular weight excluding hydrogens is 408 g/mol. The van der Waals surface area contributed by atoms with Gasteiger partial charge in [0.15, 0.2) is 17.0 Å². The number of aryl methyl sites for hydroxylation is 1. The number of aromatic nitrogens is 4. The van der Waals surface area contributed by atoms with Crippen molar-refractivity contribution in [1.82, 2.24) is 19.5 Å². The molecule has 9 heteroatoms. The highest BCUT2D eigenvalue weighted by Crippen LogP contribution is 2.32. The number of benzene rings is 2. The first kappa shape index (κ1) is 20.0. The van der Waals surface area contributed by atoms with Crippen molar-refractivity contribution in [1.29, 1.82) is 0 Å². The SMILES string of the molecule is NC(=O)CCn1cnc2c(N3CCCC3COc3cccc4ccc(O)cc34)ncnc21. The van der Waals surface area contributed by atoms with Crippen LogP contribution in [0.2, 0.25) is 0 Å². The molecule has 9 nitrogen and oxygen atoms in total. The van der Waals surface area contributed by atoms with Crippen molar-refractivity contribution < 1.29 is 14.6 Å². The van der Waals surface area contributed by atoms with Crippen LogP contribution in [0.15, 0.2) is 49.1 Å². The Kier molecular flexibility index (Phi) is 5.22. The number of ether oxygens (including phenoxy) is 1. The summed E-state index contributed by atoms with van der Waals surface area (Å²) in [6.45, 7) is 1.77. The zero-order chi connectivity index (χ0) is 22.1. The monoisotopic (exact) mass is 432 g/mol. The lowest BCUT2D eigenvalue weighted by Crippen LogP contribution is -2.35. The number of fused-ring (bicyclic) bond motifs is 2. The molecule has 1 aliphatic heterocycles. The van der Waals surface area contributed by atoms with Crippen molar-refractivity contribution in [3.05, 3.63) is 49.1 Å². The highest BCUT2D eigenvalue weighted by Gasteiger charge is 2.29. The van der Waals surface area contributed by atoms with Crippen LogP contribution in [0.4, 0.5) is 5.82 Å². The fourth-order valence-electron chi connectivity index (χ4n) is 4.30. The van der Waals surface area contributed by atoms with Gasteiger partial charge in [-0.05, 0) is 36.4 Å². The third-order valence-corrected chi connectivity index (χ3v) is 5.89. The lowest BCUT2D eigenvalue weighted by molar-refractivity contribution is -0.118. The second-order valence-corrected chi connectivity index (χ2v) is 7.99. The number of aromatic hydroxyl groups is 1. The van der Waals surface area contributed by atoms with E-state index in [1.165, 1.54) is 6.33 Å². The Labute approximate surface area is 184 Å². The first-order chi connectivity index (χ1) is 15.6. The zero-order valence-electron chi connectivity index (χ0n) is 17.5. The molecule has 1 saturated heterocycles. The number of rotatable bonds is 7. The Morgan fingerprint density at radius 1 is 1.22 bits per heavy atom. The Balaban J connectivity index is 1.38. The quantitative estimate of drug-likeness (QED) is 0.461. The molecule has 2 aromatic heterocycles. The maximum atomic E-state index is 11.2. The Hall–Kier alpha value is -3.88. The fraction of sp³-hybridized carbons (Fsp3) is 0.304. The van der Waals surface area contributed by atoms with Crippen molar-refractivity contribution >= 4 is 33.7 Å². The summed E-state index contributed by atoms with van der Waals surface area (Å²) in [5, 5.41) is 11.8. The van der Waals surface area contributed by atoms with Gasteiger partial charge in [0.05, 0.1) is 12.4 Å². The predicted molar refractivity (Wildman–Crippen MR) is 121 cm³/mol. The summed E-state index contributed by atoms with van der Waals surface area (Å²) >= 11 is 0. The maximum Gasteiger partial charge on any atom is 0.219 e. The van der Waals surface area contributed by atoms with E-state index in [9.17, 15) is 9.90 Å². The number of phenols is 1. The van der Waals surface area contributed by atoms with E-state index in [0.717, 1.165) is 41.7 Å². The molecule has 0 saturated carbocycles. The summed E-state index contributed by atoms with van der Waals surface area (Å²) in [7, 11) is 0. The highest BCUT2D eigenvalue weighted by molar-refractivity contribution is 5.89. The lowest BCUT2D eigenvalue weighted by atomic mass is 10.1. The second-order valence-electron chi connectivity index (χ2n) is 7.99. The average molecular weight is 432 g/mol. The number of nitrogens with zero attached hydrogens (tertiary/aromatic N) is 5. The predicted octanol–water partition coefficient (Wildman–Crippen LogP) is 2.61. The van der Waals surface area contributed by atoms with Gasteiger partial charge in [-0.15, -0.1) is 0 Å². The van der Waals surface area contributed by atoms with Gasteiger partial charge >= 0.3 is 0 Å². The van der Waals surface area contributed by atoms with Gasteiger partial charge in [-0.25, -0.2) is 15.0 Å². The molecule has 3 heterocycles. The molecule has 4 aromatic rings. The van der Waals surface area contributed by atoms with E-state index in [4.69, 9.17) is 10.5 Å². The molecule has 0 aliphatic carbocycles. The molecule has 0 spiro atoms. The topological polar surface area (TPSA) is 119 Å². The summed E-state index contributed by atoms with van der Waals surface area (Å²) in [5.41, 5.74) is 6.68. The molecule has 1 fully saturated rings. The van der Waals surface area contributed by atoms with E-state index in [2.05, 4.69) is 19.9 Å². The van der Waals surface area contributed by atoms with E-state index < -0.39 is 0 Å². The molecule has 0 radical (unpaired) electrons. The number of imidazole rings is 1. The molecule has 2 aromatic carbocycles. The van der Waals surface area contributed by atoms with E-state index in [1.54, 1.807) is 18.5 Å². The largest absolute Gasteiger partial charge is 0.508 e. The molecule has 1 aliphatic rings. The highest BCUT2D eigenvalue weighted by atomic mass is 16.5. The molecule has 1 atom stereocenters. The van der Waals surface area contributed by atoms with Gasteiger partial charge in [-0.1, -0.05) is 18.2 Å². The van der Waals surface area contributed by atoms with Crippen LogP contribution in [0.25, 0.3) is 21.9 Å². The van der Waals surface area contributed by atoms with Crippen molar-refractivity contribution in [2.75, 3.05) is 18.1 Å². The Morgan fingerprint density at radius 2 is 2.12 bits per heavy atom. The summed E-state index contributed by atoms with van der Waals surface area (Å²) in [6.07, 6.45) is 5.44. The van der Waals surface area contributed by atoms with Crippen molar-refractivity contribution in [3.63, 3.8) is 0 Å². The summed E-state index contributed by atoms with van der Waals surface area (Å²) in [4.78, 5) is 26.8. The number of carbonyl (C=O) groups is 1. The first-order valence-corrected chi connectivity index (χ1v) is 10.7. The van der Waals surface area contributed by atoms with Crippen LogP contribution in [0.3, 0.4) is 0 Å². The minimum absolute atomic E-state index is 0.136. The lowest BCUT2D eigenvalue weighted by Gasteiger charge is -2.26. The van der Waals surface area contributed by atoms with Crippen molar-refractivity contribution in [3.8, 4) is 11.5 Å². The van der Waals surface area contributed by atoms with Crippen LogP contribution >= 0.6 is 0 Å². The van der Waals surface area contributed by atoms with Crippen LogP contribution in [0.5, 0.6) is 11.5 Å². The Bertz CT molecular complexity index is 1290. The van der Waals surface area contributed by atoms with Gasteiger partial charge in [0.25, 0.3) is 0 Å². The average Bonchev–Trinajstić information content (AvgIpc) is 3.43. The van der Waals surface area contributed by atoms with E-state index >= 15 is 0 Å². The van der Waals surface area contributed by atoms with Crippen LogP contribution < -0.4 is 15.4 Å². The molecule has 3 N–H and O–H groups in total.